The third kappa shape index (κ3) is 3.93. The first-order valence-corrected chi connectivity index (χ1v) is 8.41. The summed E-state index contributed by atoms with van der Waals surface area (Å²) >= 11 is 5.92. The van der Waals surface area contributed by atoms with Crippen molar-refractivity contribution in [3.05, 3.63) is 29.0 Å². The highest BCUT2D eigenvalue weighted by atomic mass is 35.5. The molecular weight excluding hydrogens is 302 g/mol. The fourth-order valence-corrected chi connectivity index (χ4v) is 4.62. The normalized spacial score (nSPS) is 16.7. The van der Waals surface area contributed by atoms with Crippen LogP contribution in [0.15, 0.2) is 18.5 Å². The van der Waals surface area contributed by atoms with Crippen LogP contribution in [0.2, 0.25) is 5.02 Å². The number of carbonyl (C=O) groups is 1. The summed E-state index contributed by atoms with van der Waals surface area (Å²) in [6, 6.07) is 1.60. The highest BCUT2D eigenvalue weighted by Gasteiger charge is 2.47. The van der Waals surface area contributed by atoms with Gasteiger partial charge in [-0.05, 0) is 29.9 Å². The number of aromatic nitrogens is 1. The maximum absolute atomic E-state index is 12.2. The summed E-state index contributed by atoms with van der Waals surface area (Å²) in [6.07, 6.45) is 4.58. The Morgan fingerprint density at radius 1 is 1.50 bits per heavy atom. The molecule has 1 aromatic rings. The maximum atomic E-state index is 12.2. The number of hydrogen-bond donors (Lipinski definition) is 0. The zero-order valence-corrected chi connectivity index (χ0v) is 12.7. The van der Waals surface area contributed by atoms with Crippen LogP contribution in [0.25, 0.3) is 0 Å². The predicted octanol–water partition coefficient (Wildman–Crippen LogP) is 1.99. The molecule has 5 nitrogen and oxygen atoms in total. The number of rotatable bonds is 6. The van der Waals surface area contributed by atoms with Gasteiger partial charge in [-0.25, -0.2) is 8.42 Å². The molecule has 20 heavy (non-hydrogen) atoms. The summed E-state index contributed by atoms with van der Waals surface area (Å²) in [5, 5.41) is 0.342. The summed E-state index contributed by atoms with van der Waals surface area (Å²) in [6.45, 7) is 0. The molecular formula is C13H16ClNO4S. The number of nitrogens with zero attached hydrogens (tertiary/aromatic N) is 1. The zero-order chi connectivity index (χ0) is 14.8. The Kier molecular flexibility index (Phi) is 4.34. The molecule has 0 radical (unpaired) electrons. The van der Waals surface area contributed by atoms with Crippen LogP contribution in [0.1, 0.15) is 24.8 Å². The summed E-state index contributed by atoms with van der Waals surface area (Å²) in [5.41, 5.74) is 0.0985. The molecule has 0 N–H and O–H groups in total. The summed E-state index contributed by atoms with van der Waals surface area (Å²) < 4.78 is 29.1. The third-order valence-corrected chi connectivity index (χ3v) is 5.61. The molecule has 0 aromatic carbocycles. The summed E-state index contributed by atoms with van der Waals surface area (Å²) in [4.78, 5) is 15.1. The van der Waals surface area contributed by atoms with Crippen LogP contribution in [0.3, 0.4) is 0 Å². The van der Waals surface area contributed by atoms with Crippen molar-refractivity contribution in [2.24, 2.45) is 5.41 Å². The number of carbonyl (C=O) groups excluding carboxylic acids is 1. The minimum absolute atomic E-state index is 0.00620. The first kappa shape index (κ1) is 15.3. The maximum Gasteiger partial charge on any atom is 0.306 e. The molecule has 0 saturated heterocycles. The largest absolute Gasteiger partial charge is 0.469 e. The molecule has 1 aromatic heterocycles. The van der Waals surface area contributed by atoms with Gasteiger partial charge in [0.05, 0.1) is 30.1 Å². The van der Waals surface area contributed by atoms with Crippen molar-refractivity contribution in [1.82, 2.24) is 4.98 Å². The van der Waals surface area contributed by atoms with Crippen LogP contribution in [0.4, 0.5) is 0 Å². The lowest BCUT2D eigenvalue weighted by atomic mass is 10.1. The molecule has 0 bridgehead atoms. The van der Waals surface area contributed by atoms with Crippen molar-refractivity contribution in [3.63, 3.8) is 0 Å². The number of halogens is 1. The lowest BCUT2D eigenvalue weighted by Gasteiger charge is -2.14. The van der Waals surface area contributed by atoms with Gasteiger partial charge in [0.15, 0.2) is 9.84 Å². The van der Waals surface area contributed by atoms with E-state index in [4.69, 9.17) is 11.6 Å². The average Bonchev–Trinajstić information content (AvgIpc) is 3.10. The minimum atomic E-state index is -3.33. The van der Waals surface area contributed by atoms with Gasteiger partial charge in [-0.2, -0.15) is 0 Å². The van der Waals surface area contributed by atoms with Crippen LogP contribution >= 0.6 is 11.6 Å². The van der Waals surface area contributed by atoms with Crippen LogP contribution < -0.4 is 0 Å². The first-order valence-electron chi connectivity index (χ1n) is 6.21. The van der Waals surface area contributed by atoms with Crippen molar-refractivity contribution in [2.45, 2.75) is 25.0 Å². The molecule has 1 aliphatic carbocycles. The van der Waals surface area contributed by atoms with Crippen molar-refractivity contribution >= 4 is 27.4 Å². The molecule has 1 saturated carbocycles. The van der Waals surface area contributed by atoms with E-state index in [-0.39, 0.29) is 23.9 Å². The van der Waals surface area contributed by atoms with Crippen LogP contribution in [-0.2, 0) is 25.1 Å². The number of hydrogen-bond acceptors (Lipinski definition) is 5. The topological polar surface area (TPSA) is 73.3 Å². The molecule has 110 valence electrons. The van der Waals surface area contributed by atoms with E-state index >= 15 is 0 Å². The lowest BCUT2D eigenvalue weighted by Crippen LogP contribution is -2.22. The van der Waals surface area contributed by atoms with Crippen molar-refractivity contribution in [3.8, 4) is 0 Å². The Bertz CT molecular complexity index is 611. The Balaban J connectivity index is 2.05. The quantitative estimate of drug-likeness (QED) is 0.750. The summed E-state index contributed by atoms with van der Waals surface area (Å²) in [5.74, 6) is -0.495. The molecule has 2 rings (SSSR count). The van der Waals surface area contributed by atoms with Crippen LogP contribution in [0, 0.1) is 5.41 Å². The van der Waals surface area contributed by atoms with Gasteiger partial charge in [0, 0.05) is 12.4 Å². The third-order valence-electron chi connectivity index (χ3n) is 3.46. The van der Waals surface area contributed by atoms with Gasteiger partial charge in [0.1, 0.15) is 0 Å². The highest BCUT2D eigenvalue weighted by molar-refractivity contribution is 7.90. The minimum Gasteiger partial charge on any atom is -0.469 e. The molecule has 7 heteroatoms. The monoisotopic (exact) mass is 317 g/mol. The van der Waals surface area contributed by atoms with Gasteiger partial charge in [-0.3, -0.25) is 9.78 Å². The van der Waals surface area contributed by atoms with Crippen molar-refractivity contribution < 1.29 is 17.9 Å². The molecule has 1 heterocycles. The van der Waals surface area contributed by atoms with E-state index in [1.165, 1.54) is 19.5 Å². The highest BCUT2D eigenvalue weighted by Crippen LogP contribution is 2.50. The van der Waals surface area contributed by atoms with E-state index in [1.54, 1.807) is 6.07 Å². The van der Waals surface area contributed by atoms with Crippen molar-refractivity contribution in [2.75, 3.05) is 12.9 Å². The second-order valence-electron chi connectivity index (χ2n) is 5.25. The van der Waals surface area contributed by atoms with Gasteiger partial charge in [0.2, 0.25) is 0 Å². The van der Waals surface area contributed by atoms with Gasteiger partial charge in [-0.15, -0.1) is 0 Å². The molecule has 1 fully saturated rings. The Morgan fingerprint density at radius 3 is 2.75 bits per heavy atom. The molecule has 0 spiro atoms. The Hall–Kier alpha value is -1.14. The van der Waals surface area contributed by atoms with E-state index in [0.717, 1.165) is 12.8 Å². The van der Waals surface area contributed by atoms with E-state index in [2.05, 4.69) is 9.72 Å². The fraction of sp³-hybridized carbons (Fsp3) is 0.538. The van der Waals surface area contributed by atoms with E-state index in [0.29, 0.717) is 10.6 Å². The van der Waals surface area contributed by atoms with Gasteiger partial charge >= 0.3 is 5.97 Å². The van der Waals surface area contributed by atoms with Gasteiger partial charge in [-0.1, -0.05) is 11.6 Å². The number of ether oxygens (including phenoxy) is 1. The Labute approximate surface area is 123 Å². The van der Waals surface area contributed by atoms with E-state index in [1.807, 2.05) is 0 Å². The number of methoxy groups -OCH3 is 1. The first-order chi connectivity index (χ1) is 9.36. The average molecular weight is 318 g/mol. The van der Waals surface area contributed by atoms with Gasteiger partial charge in [0.25, 0.3) is 0 Å². The second-order valence-corrected chi connectivity index (χ2v) is 7.72. The molecule has 0 amide bonds. The van der Waals surface area contributed by atoms with E-state index in [9.17, 15) is 13.2 Å². The van der Waals surface area contributed by atoms with Crippen molar-refractivity contribution in [1.29, 1.82) is 0 Å². The predicted molar refractivity (Wildman–Crippen MR) is 75.0 cm³/mol. The number of sulfone groups is 1. The smallest absolute Gasteiger partial charge is 0.306 e. The van der Waals surface area contributed by atoms with Crippen LogP contribution in [-0.4, -0.2) is 32.2 Å². The number of esters is 1. The lowest BCUT2D eigenvalue weighted by molar-refractivity contribution is -0.141. The molecule has 0 aliphatic heterocycles. The SMILES string of the molecule is COC(=O)CC1(CS(=O)(=O)Cc2ccncc2Cl)CC1. The zero-order valence-electron chi connectivity index (χ0n) is 11.1. The Morgan fingerprint density at radius 2 is 2.20 bits per heavy atom. The summed E-state index contributed by atoms with van der Waals surface area (Å²) in [7, 11) is -2.02. The fourth-order valence-electron chi connectivity index (χ4n) is 2.20. The second kappa shape index (κ2) is 5.69. The standard InChI is InChI=1S/C13H16ClNO4S/c1-19-12(16)6-13(3-4-13)9-20(17,18)8-10-2-5-15-7-11(10)14/h2,5,7H,3-4,6,8-9H2,1H3. The van der Waals surface area contributed by atoms with Crippen LogP contribution in [0.5, 0.6) is 0 Å². The van der Waals surface area contributed by atoms with Gasteiger partial charge < -0.3 is 4.74 Å². The number of pyridine rings is 1. The molecule has 0 atom stereocenters. The molecule has 0 unspecified atom stereocenters. The molecule has 1 aliphatic rings. The van der Waals surface area contributed by atoms with E-state index < -0.39 is 15.3 Å².